The average Bonchev–Trinajstić information content (AvgIpc) is 2.88. The molecule has 0 atom stereocenters. The Morgan fingerprint density at radius 1 is 1.33 bits per heavy atom. The van der Waals surface area contributed by atoms with Crippen LogP contribution >= 0.6 is 0 Å². The maximum absolute atomic E-state index is 12.6. The number of nitrogens with two attached hydrogens (primary N) is 1. The second-order valence-corrected chi connectivity index (χ2v) is 5.71. The maximum Gasteiger partial charge on any atom is 0.567 e. The summed E-state index contributed by atoms with van der Waals surface area (Å²) in [7, 11) is 3.60. The maximum atomic E-state index is 12.6. The van der Waals surface area contributed by atoms with Crippen LogP contribution in [0.4, 0.5) is 5.95 Å². The van der Waals surface area contributed by atoms with E-state index in [4.69, 9.17) is 10.5 Å². The van der Waals surface area contributed by atoms with E-state index in [2.05, 4.69) is 5.10 Å². The summed E-state index contributed by atoms with van der Waals surface area (Å²) in [6.07, 6.45) is 0.739. The molecule has 8 heteroatoms. The Morgan fingerprint density at radius 3 is 2.81 bits per heavy atom. The first kappa shape index (κ1) is 13.8. The van der Waals surface area contributed by atoms with Gasteiger partial charge in [0.2, 0.25) is 5.52 Å². The summed E-state index contributed by atoms with van der Waals surface area (Å²) in [6.45, 7) is 1.47. The van der Waals surface area contributed by atoms with Gasteiger partial charge in [0.05, 0.1) is 31.6 Å². The fraction of sp³-hybridized carbons (Fsp3) is 0.462. The summed E-state index contributed by atoms with van der Waals surface area (Å²) in [5, 5.41) is 28.7. The second kappa shape index (κ2) is 4.68. The molecule has 0 spiro atoms. The van der Waals surface area contributed by atoms with Gasteiger partial charge in [0.1, 0.15) is 12.3 Å². The minimum Gasteiger partial charge on any atom is -0.706 e. The molecule has 0 radical (unpaired) electrons. The number of ether oxygens (including phenoxy) is 1. The van der Waals surface area contributed by atoms with Crippen molar-refractivity contribution in [2.75, 3.05) is 33.8 Å². The molecule has 112 valence electrons. The molecule has 21 heavy (non-hydrogen) atoms. The van der Waals surface area contributed by atoms with E-state index >= 15 is 0 Å². The van der Waals surface area contributed by atoms with E-state index in [1.54, 1.807) is 26.2 Å². The number of hydrogen-bond donors (Lipinski definition) is 1. The third-order valence-electron chi connectivity index (χ3n) is 3.80. The van der Waals surface area contributed by atoms with E-state index in [9.17, 15) is 10.4 Å². The fourth-order valence-corrected chi connectivity index (χ4v) is 2.59. The number of hydrogen-bond acceptors (Lipinski definition) is 5. The van der Waals surface area contributed by atoms with E-state index in [0.717, 1.165) is 16.7 Å². The van der Waals surface area contributed by atoms with Gasteiger partial charge in [-0.05, 0) is 6.07 Å². The van der Waals surface area contributed by atoms with Crippen LogP contribution in [-0.4, -0.2) is 38.9 Å². The van der Waals surface area contributed by atoms with Gasteiger partial charge in [-0.15, -0.1) is 0 Å². The molecule has 0 fully saturated rings. The van der Waals surface area contributed by atoms with Gasteiger partial charge in [-0.2, -0.15) is 4.73 Å². The SMILES string of the molecule is C[N+](C)(CCN)c1n[n+]([O-])c2cc3c(cc2[n+]1[O-])CCO3. The molecule has 0 saturated carbocycles. The lowest BCUT2D eigenvalue weighted by Crippen LogP contribution is -2.56. The molecular weight excluding hydrogens is 274 g/mol. The normalized spacial score (nSPS) is 14.2. The minimum absolute atomic E-state index is 0.127. The van der Waals surface area contributed by atoms with Gasteiger partial charge in [-0.25, -0.2) is 4.48 Å². The Morgan fingerprint density at radius 2 is 2.10 bits per heavy atom. The van der Waals surface area contributed by atoms with E-state index < -0.39 is 0 Å². The van der Waals surface area contributed by atoms with Gasteiger partial charge in [-0.1, -0.05) is 0 Å². The van der Waals surface area contributed by atoms with Gasteiger partial charge in [-0.3, -0.25) is 0 Å². The second-order valence-electron chi connectivity index (χ2n) is 5.71. The van der Waals surface area contributed by atoms with Gasteiger partial charge in [0.25, 0.3) is 0 Å². The highest BCUT2D eigenvalue weighted by molar-refractivity contribution is 5.72. The lowest BCUT2D eigenvalue weighted by Gasteiger charge is -2.23. The molecule has 2 heterocycles. The van der Waals surface area contributed by atoms with Crippen molar-refractivity contribution in [3.63, 3.8) is 0 Å². The third kappa shape index (κ3) is 2.12. The standard InChI is InChI=1S/C13H18N5O3/c1-18(2,5-4-14)13-15-17(20)11-8-12-9(3-6-21-12)7-10(11)16(13)19/h7-8H,3-6,14H2,1-2H3/q+1. The monoisotopic (exact) mass is 292 g/mol. The predicted molar refractivity (Wildman–Crippen MR) is 76.4 cm³/mol. The zero-order valence-corrected chi connectivity index (χ0v) is 12.1. The van der Waals surface area contributed by atoms with Crippen molar-refractivity contribution in [3.05, 3.63) is 28.1 Å². The Kier molecular flexibility index (Phi) is 3.07. The number of rotatable bonds is 3. The summed E-state index contributed by atoms with van der Waals surface area (Å²) < 4.78 is 6.29. The first-order valence-corrected chi connectivity index (χ1v) is 6.80. The average molecular weight is 292 g/mol. The van der Waals surface area contributed by atoms with Crippen molar-refractivity contribution in [1.29, 1.82) is 0 Å². The molecule has 0 unspecified atom stereocenters. The summed E-state index contributed by atoms with van der Waals surface area (Å²) in [4.78, 5) is 0.484. The van der Waals surface area contributed by atoms with E-state index in [1.807, 2.05) is 0 Å². The van der Waals surface area contributed by atoms with E-state index in [0.29, 0.717) is 35.8 Å². The molecular formula is C13H18N5O3+. The topological polar surface area (TPSA) is 102 Å². The van der Waals surface area contributed by atoms with Crippen LogP contribution in [0.15, 0.2) is 12.1 Å². The molecule has 0 aliphatic carbocycles. The predicted octanol–water partition coefficient (Wildman–Crippen LogP) is -1.04. The van der Waals surface area contributed by atoms with Crippen molar-refractivity contribution in [2.24, 2.45) is 5.73 Å². The molecule has 1 aromatic heterocycles. The van der Waals surface area contributed by atoms with Crippen molar-refractivity contribution in [1.82, 2.24) is 9.58 Å². The summed E-state index contributed by atoms with van der Waals surface area (Å²) in [5.74, 6) is 0.777. The van der Waals surface area contributed by atoms with Crippen molar-refractivity contribution >= 4 is 17.0 Å². The summed E-state index contributed by atoms with van der Waals surface area (Å²) >= 11 is 0. The number of quaternary nitrogens is 1. The van der Waals surface area contributed by atoms with Crippen LogP contribution in [-0.2, 0) is 6.42 Å². The highest BCUT2D eigenvalue weighted by Gasteiger charge is 2.37. The minimum atomic E-state index is 0.127. The van der Waals surface area contributed by atoms with Crippen LogP contribution in [0.2, 0.25) is 0 Å². The molecule has 0 bridgehead atoms. The molecule has 1 aliphatic heterocycles. The highest BCUT2D eigenvalue weighted by atomic mass is 16.5. The zero-order chi connectivity index (χ0) is 15.2. The van der Waals surface area contributed by atoms with E-state index in [-0.39, 0.29) is 15.9 Å². The van der Waals surface area contributed by atoms with Crippen LogP contribution in [0, 0.1) is 10.4 Å². The van der Waals surface area contributed by atoms with Gasteiger partial charge in [0.15, 0.2) is 0 Å². The van der Waals surface area contributed by atoms with Crippen LogP contribution in [0.25, 0.3) is 11.0 Å². The first-order chi connectivity index (χ1) is 9.94. The van der Waals surface area contributed by atoms with Crippen LogP contribution < -0.4 is 24.5 Å². The Hall–Kier alpha value is -2.19. The van der Waals surface area contributed by atoms with Crippen molar-refractivity contribution < 1.29 is 14.3 Å². The van der Waals surface area contributed by atoms with Gasteiger partial charge >= 0.3 is 16.6 Å². The molecule has 1 aliphatic rings. The number of nitrogens with zero attached hydrogens (tertiary/aromatic N) is 4. The van der Waals surface area contributed by atoms with Crippen molar-refractivity contribution in [2.45, 2.75) is 6.42 Å². The number of fused-ring (bicyclic) bond motifs is 2. The van der Waals surface area contributed by atoms with Crippen LogP contribution in [0.3, 0.4) is 0 Å². The lowest BCUT2D eigenvalue weighted by atomic mass is 10.1. The van der Waals surface area contributed by atoms with E-state index in [1.165, 1.54) is 0 Å². The largest absolute Gasteiger partial charge is 0.706 e. The number of aromatic nitrogens is 3. The number of likely N-dealkylation sites (N-methyl/N-ethyl adjacent to an activating group) is 1. The number of benzene rings is 1. The molecule has 3 rings (SSSR count). The lowest BCUT2D eigenvalue weighted by molar-refractivity contribution is -0.676. The van der Waals surface area contributed by atoms with Crippen LogP contribution in [0.1, 0.15) is 5.56 Å². The fourth-order valence-electron chi connectivity index (χ4n) is 2.59. The molecule has 1 aromatic carbocycles. The smallest absolute Gasteiger partial charge is 0.567 e. The Balaban J connectivity index is 2.26. The summed E-state index contributed by atoms with van der Waals surface area (Å²) in [6, 6.07) is 3.30. The molecule has 0 saturated heterocycles. The summed E-state index contributed by atoms with van der Waals surface area (Å²) in [5.41, 5.74) is 7.03. The van der Waals surface area contributed by atoms with Crippen LogP contribution in [0.5, 0.6) is 5.75 Å². The molecule has 2 N–H and O–H groups in total. The molecule has 8 nitrogen and oxygen atoms in total. The third-order valence-corrected chi connectivity index (χ3v) is 3.80. The van der Waals surface area contributed by atoms with Gasteiger partial charge in [0, 0.05) is 18.5 Å². The zero-order valence-electron chi connectivity index (χ0n) is 12.1. The quantitative estimate of drug-likeness (QED) is 0.442. The Bertz CT molecular complexity index is 717. The highest BCUT2D eigenvalue weighted by Crippen LogP contribution is 2.28. The first-order valence-electron chi connectivity index (χ1n) is 6.80. The van der Waals surface area contributed by atoms with Crippen molar-refractivity contribution in [3.8, 4) is 5.75 Å². The molecule has 0 amide bonds. The molecule has 2 aromatic rings. The van der Waals surface area contributed by atoms with Gasteiger partial charge < -0.3 is 20.9 Å². The Labute approximate surface area is 121 Å².